The minimum Gasteiger partial charge on any atom is -0.497 e. The summed E-state index contributed by atoms with van der Waals surface area (Å²) < 4.78 is 10.6. The van der Waals surface area contributed by atoms with Crippen molar-refractivity contribution in [2.45, 2.75) is 43.6 Å². The van der Waals surface area contributed by atoms with Gasteiger partial charge >= 0.3 is 0 Å². The molecule has 1 aromatic heterocycles. The Labute approximate surface area is 168 Å². The van der Waals surface area contributed by atoms with Crippen molar-refractivity contribution in [2.75, 3.05) is 19.5 Å². The van der Waals surface area contributed by atoms with Gasteiger partial charge in [-0.2, -0.15) is 11.8 Å². The monoisotopic (exact) mass is 406 g/mol. The number of hydrogen-bond acceptors (Lipinski definition) is 6. The third-order valence-electron chi connectivity index (χ3n) is 4.69. The van der Waals surface area contributed by atoms with Crippen LogP contribution in [-0.4, -0.2) is 25.1 Å². The lowest BCUT2D eigenvalue weighted by Gasteiger charge is -2.19. The highest BCUT2D eigenvalue weighted by Crippen LogP contribution is 2.28. The SMILES string of the molecule is COc1cc(CSCc2csc(NC(=O)C3CCCCC3)n2)cc(OC)c1. The number of carbonyl (C=O) groups excluding carboxylic acids is 1. The number of nitrogens with one attached hydrogen (secondary N) is 1. The minimum absolute atomic E-state index is 0.131. The number of thiazole rings is 1. The predicted molar refractivity (Wildman–Crippen MR) is 112 cm³/mol. The number of anilines is 1. The van der Waals surface area contributed by atoms with Gasteiger partial charge in [0.15, 0.2) is 5.13 Å². The smallest absolute Gasteiger partial charge is 0.229 e. The Morgan fingerprint density at radius 3 is 2.52 bits per heavy atom. The zero-order valence-electron chi connectivity index (χ0n) is 15.8. The lowest BCUT2D eigenvalue weighted by Crippen LogP contribution is -2.24. The average Bonchev–Trinajstić information content (AvgIpc) is 3.15. The fraction of sp³-hybridized carbons (Fsp3) is 0.500. The van der Waals surface area contributed by atoms with Crippen molar-refractivity contribution in [3.05, 3.63) is 34.8 Å². The van der Waals surface area contributed by atoms with E-state index in [1.54, 1.807) is 26.0 Å². The van der Waals surface area contributed by atoms with Gasteiger partial charge in [0.2, 0.25) is 5.91 Å². The van der Waals surface area contributed by atoms with Crippen LogP contribution in [0, 0.1) is 5.92 Å². The second-order valence-electron chi connectivity index (χ2n) is 6.68. The van der Waals surface area contributed by atoms with E-state index in [1.165, 1.54) is 17.8 Å². The highest BCUT2D eigenvalue weighted by Gasteiger charge is 2.21. The van der Waals surface area contributed by atoms with Crippen molar-refractivity contribution < 1.29 is 14.3 Å². The standard InChI is InChI=1S/C20H26N2O3S2/c1-24-17-8-14(9-18(10-17)25-2)11-26-12-16-13-27-20(21-16)22-19(23)15-6-4-3-5-7-15/h8-10,13,15H,3-7,11-12H2,1-2H3,(H,21,22,23). The molecule has 0 saturated heterocycles. The molecule has 0 bridgehead atoms. The summed E-state index contributed by atoms with van der Waals surface area (Å²) >= 11 is 3.28. The molecule has 1 heterocycles. The van der Waals surface area contributed by atoms with E-state index >= 15 is 0 Å². The Bertz CT molecular complexity index is 735. The first kappa shape index (κ1) is 20.0. The van der Waals surface area contributed by atoms with E-state index < -0.39 is 0 Å². The van der Waals surface area contributed by atoms with Crippen molar-refractivity contribution >= 4 is 34.1 Å². The molecular formula is C20H26N2O3S2. The van der Waals surface area contributed by atoms with Crippen LogP contribution in [-0.2, 0) is 16.3 Å². The van der Waals surface area contributed by atoms with Crippen LogP contribution >= 0.6 is 23.1 Å². The molecule has 1 aliphatic rings. The first-order valence-corrected chi connectivity index (χ1v) is 11.3. The van der Waals surface area contributed by atoms with Crippen LogP contribution in [0.25, 0.3) is 0 Å². The van der Waals surface area contributed by atoms with Gasteiger partial charge < -0.3 is 14.8 Å². The molecule has 1 aliphatic carbocycles. The van der Waals surface area contributed by atoms with Crippen LogP contribution in [0.4, 0.5) is 5.13 Å². The molecule has 1 saturated carbocycles. The van der Waals surface area contributed by atoms with Gasteiger partial charge in [0.25, 0.3) is 0 Å². The highest BCUT2D eigenvalue weighted by molar-refractivity contribution is 7.97. The zero-order valence-corrected chi connectivity index (χ0v) is 17.5. The number of aromatic nitrogens is 1. The fourth-order valence-electron chi connectivity index (χ4n) is 3.23. The number of amides is 1. The maximum absolute atomic E-state index is 12.3. The molecular weight excluding hydrogens is 380 g/mol. The first-order chi connectivity index (χ1) is 13.2. The molecule has 1 fully saturated rings. The molecule has 3 rings (SSSR count). The predicted octanol–water partition coefficient (Wildman–Crippen LogP) is 5.11. The lowest BCUT2D eigenvalue weighted by molar-refractivity contribution is -0.120. The zero-order chi connectivity index (χ0) is 19.1. The molecule has 2 aromatic rings. The summed E-state index contributed by atoms with van der Waals surface area (Å²) in [6.45, 7) is 0. The van der Waals surface area contributed by atoms with Crippen LogP contribution in [0.1, 0.15) is 43.4 Å². The normalized spacial score (nSPS) is 14.7. The molecule has 1 N–H and O–H groups in total. The lowest BCUT2D eigenvalue weighted by atomic mass is 9.89. The third kappa shape index (κ3) is 5.87. The molecule has 146 valence electrons. The molecule has 7 heteroatoms. The Kier molecular flexibility index (Phi) is 7.41. The van der Waals surface area contributed by atoms with Crippen LogP contribution in [0.3, 0.4) is 0 Å². The van der Waals surface area contributed by atoms with Gasteiger partial charge in [-0.15, -0.1) is 11.3 Å². The number of rotatable bonds is 8. The molecule has 1 amide bonds. The summed E-state index contributed by atoms with van der Waals surface area (Å²) in [5.41, 5.74) is 2.15. The quantitative estimate of drug-likeness (QED) is 0.660. The van der Waals surface area contributed by atoms with Gasteiger partial charge in [0, 0.05) is 28.9 Å². The molecule has 0 radical (unpaired) electrons. The van der Waals surface area contributed by atoms with E-state index in [-0.39, 0.29) is 11.8 Å². The van der Waals surface area contributed by atoms with Gasteiger partial charge in [-0.05, 0) is 30.5 Å². The van der Waals surface area contributed by atoms with Crippen LogP contribution in [0.2, 0.25) is 0 Å². The summed E-state index contributed by atoms with van der Waals surface area (Å²) in [7, 11) is 3.31. The largest absolute Gasteiger partial charge is 0.497 e. The molecule has 1 aromatic carbocycles. The fourth-order valence-corrected chi connectivity index (χ4v) is 4.91. The average molecular weight is 407 g/mol. The van der Waals surface area contributed by atoms with E-state index in [0.717, 1.165) is 59.9 Å². The minimum atomic E-state index is 0.131. The number of hydrogen-bond donors (Lipinski definition) is 1. The number of ether oxygens (including phenoxy) is 2. The molecule has 0 spiro atoms. The maximum Gasteiger partial charge on any atom is 0.229 e. The molecule has 0 aliphatic heterocycles. The Hall–Kier alpha value is -1.73. The van der Waals surface area contributed by atoms with Gasteiger partial charge in [-0.3, -0.25) is 4.79 Å². The second kappa shape index (κ2) is 9.99. The maximum atomic E-state index is 12.3. The van der Waals surface area contributed by atoms with Gasteiger partial charge in [-0.25, -0.2) is 4.98 Å². The number of methoxy groups -OCH3 is 2. The van der Waals surface area contributed by atoms with Crippen LogP contribution in [0.15, 0.2) is 23.6 Å². The van der Waals surface area contributed by atoms with Gasteiger partial charge in [-0.1, -0.05) is 19.3 Å². The summed E-state index contributed by atoms with van der Waals surface area (Å²) in [5.74, 6) is 3.53. The van der Waals surface area contributed by atoms with Crippen molar-refractivity contribution in [3.8, 4) is 11.5 Å². The Morgan fingerprint density at radius 2 is 1.85 bits per heavy atom. The Morgan fingerprint density at radius 1 is 1.15 bits per heavy atom. The Balaban J connectivity index is 1.49. The number of thioether (sulfide) groups is 1. The van der Waals surface area contributed by atoms with Crippen LogP contribution in [0.5, 0.6) is 11.5 Å². The van der Waals surface area contributed by atoms with E-state index in [0.29, 0.717) is 5.13 Å². The molecule has 0 atom stereocenters. The summed E-state index contributed by atoms with van der Waals surface area (Å²) in [5, 5.41) is 5.73. The van der Waals surface area contributed by atoms with E-state index in [2.05, 4.69) is 10.3 Å². The van der Waals surface area contributed by atoms with Crippen molar-refractivity contribution in [1.29, 1.82) is 0 Å². The van der Waals surface area contributed by atoms with Crippen LogP contribution < -0.4 is 14.8 Å². The summed E-state index contributed by atoms with van der Waals surface area (Å²) in [6, 6.07) is 5.91. The van der Waals surface area contributed by atoms with Crippen molar-refractivity contribution in [3.63, 3.8) is 0 Å². The first-order valence-electron chi connectivity index (χ1n) is 9.23. The topological polar surface area (TPSA) is 60.5 Å². The van der Waals surface area contributed by atoms with E-state index in [4.69, 9.17) is 9.47 Å². The molecule has 0 unspecified atom stereocenters. The van der Waals surface area contributed by atoms with Gasteiger partial charge in [0.1, 0.15) is 11.5 Å². The molecule has 27 heavy (non-hydrogen) atoms. The molecule has 5 nitrogen and oxygen atoms in total. The number of benzene rings is 1. The third-order valence-corrected chi connectivity index (χ3v) is 6.53. The number of carbonyl (C=O) groups is 1. The van der Waals surface area contributed by atoms with Crippen molar-refractivity contribution in [2.24, 2.45) is 5.92 Å². The van der Waals surface area contributed by atoms with Crippen molar-refractivity contribution in [1.82, 2.24) is 4.98 Å². The van der Waals surface area contributed by atoms with E-state index in [9.17, 15) is 4.79 Å². The number of nitrogens with zero attached hydrogens (tertiary/aromatic N) is 1. The summed E-state index contributed by atoms with van der Waals surface area (Å²) in [4.78, 5) is 16.9. The van der Waals surface area contributed by atoms with Gasteiger partial charge in [0.05, 0.1) is 19.9 Å². The van der Waals surface area contributed by atoms with E-state index in [1.807, 2.05) is 23.6 Å². The summed E-state index contributed by atoms with van der Waals surface area (Å²) in [6.07, 6.45) is 5.58. The highest BCUT2D eigenvalue weighted by atomic mass is 32.2. The second-order valence-corrected chi connectivity index (χ2v) is 8.53.